The Morgan fingerprint density at radius 2 is 2.00 bits per heavy atom. The molecule has 0 unspecified atom stereocenters. The number of ether oxygens (including phenoxy) is 2. The second-order valence-corrected chi connectivity index (χ2v) is 3.42. The molecule has 7 heteroatoms. The lowest BCUT2D eigenvalue weighted by molar-refractivity contribution is -0.385. The summed E-state index contributed by atoms with van der Waals surface area (Å²) in [7, 11) is 2.83. The molecule has 94 valence electrons. The van der Waals surface area contributed by atoms with Gasteiger partial charge in [0, 0.05) is 18.5 Å². The summed E-state index contributed by atoms with van der Waals surface area (Å²) in [5.41, 5.74) is 0.482. The highest BCUT2D eigenvalue weighted by atomic mass is 16.6. The Morgan fingerprint density at radius 1 is 1.28 bits per heavy atom. The number of hydrogen-bond donors (Lipinski definition) is 0. The SMILES string of the molecule is COc1cc([N+](=O)[O-])c(OC)cc1-n1ccnc1. The zero-order valence-electron chi connectivity index (χ0n) is 9.86. The van der Waals surface area contributed by atoms with Crippen LogP contribution in [0.5, 0.6) is 11.5 Å². The van der Waals surface area contributed by atoms with Gasteiger partial charge in [-0.25, -0.2) is 4.98 Å². The molecule has 0 fully saturated rings. The lowest BCUT2D eigenvalue weighted by atomic mass is 10.2. The monoisotopic (exact) mass is 249 g/mol. The fraction of sp³-hybridized carbons (Fsp3) is 0.182. The number of methoxy groups -OCH3 is 2. The fourth-order valence-corrected chi connectivity index (χ4v) is 1.61. The van der Waals surface area contributed by atoms with Crippen molar-refractivity contribution in [2.45, 2.75) is 0 Å². The van der Waals surface area contributed by atoms with E-state index in [-0.39, 0.29) is 11.4 Å². The standard InChI is InChI=1S/C11H11N3O4/c1-17-10-6-9(14(15)16)11(18-2)5-8(10)13-4-3-12-7-13/h3-7H,1-2H3. The summed E-state index contributed by atoms with van der Waals surface area (Å²) in [6.07, 6.45) is 4.89. The molecule has 0 spiro atoms. The van der Waals surface area contributed by atoms with E-state index in [2.05, 4.69) is 4.98 Å². The molecule has 1 aromatic carbocycles. The Morgan fingerprint density at radius 3 is 2.50 bits per heavy atom. The highest BCUT2D eigenvalue weighted by Crippen LogP contribution is 2.36. The molecule has 1 aromatic heterocycles. The van der Waals surface area contributed by atoms with Crippen molar-refractivity contribution in [1.82, 2.24) is 9.55 Å². The van der Waals surface area contributed by atoms with Crippen molar-refractivity contribution in [1.29, 1.82) is 0 Å². The predicted molar refractivity (Wildman–Crippen MR) is 63.3 cm³/mol. The van der Waals surface area contributed by atoms with E-state index in [0.29, 0.717) is 11.4 Å². The maximum Gasteiger partial charge on any atom is 0.314 e. The molecule has 2 aromatic rings. The first-order valence-corrected chi connectivity index (χ1v) is 5.06. The summed E-state index contributed by atoms with van der Waals surface area (Å²) in [5, 5.41) is 10.9. The highest BCUT2D eigenvalue weighted by Gasteiger charge is 2.20. The Bertz CT molecular complexity index is 566. The maximum atomic E-state index is 10.9. The van der Waals surface area contributed by atoms with E-state index in [9.17, 15) is 10.1 Å². The second kappa shape index (κ2) is 4.74. The van der Waals surface area contributed by atoms with Crippen LogP contribution in [0.2, 0.25) is 0 Å². The van der Waals surface area contributed by atoms with Gasteiger partial charge < -0.3 is 14.0 Å². The van der Waals surface area contributed by atoms with Gasteiger partial charge in [0.25, 0.3) is 0 Å². The minimum Gasteiger partial charge on any atom is -0.494 e. The summed E-state index contributed by atoms with van der Waals surface area (Å²) in [4.78, 5) is 14.3. The number of nitro benzene ring substituents is 1. The maximum absolute atomic E-state index is 10.9. The minimum absolute atomic E-state index is 0.141. The zero-order valence-corrected chi connectivity index (χ0v) is 9.86. The third-order valence-corrected chi connectivity index (χ3v) is 2.46. The third-order valence-electron chi connectivity index (χ3n) is 2.46. The van der Waals surface area contributed by atoms with Crippen molar-refractivity contribution in [3.05, 3.63) is 41.0 Å². The Balaban J connectivity index is 2.64. The van der Waals surface area contributed by atoms with Crippen LogP contribution in [0, 0.1) is 10.1 Å². The summed E-state index contributed by atoms with van der Waals surface area (Å²) >= 11 is 0. The number of nitrogens with zero attached hydrogens (tertiary/aromatic N) is 3. The third kappa shape index (κ3) is 1.97. The number of rotatable bonds is 4. The molecule has 0 aliphatic carbocycles. The van der Waals surface area contributed by atoms with Crippen LogP contribution in [0.15, 0.2) is 30.9 Å². The van der Waals surface area contributed by atoms with Crippen LogP contribution >= 0.6 is 0 Å². The average Bonchev–Trinajstić information content (AvgIpc) is 2.90. The smallest absolute Gasteiger partial charge is 0.314 e. The predicted octanol–water partition coefficient (Wildman–Crippen LogP) is 1.80. The van der Waals surface area contributed by atoms with Gasteiger partial charge in [-0.05, 0) is 0 Å². The van der Waals surface area contributed by atoms with Crippen molar-refractivity contribution in [2.75, 3.05) is 14.2 Å². The van der Waals surface area contributed by atoms with Gasteiger partial charge in [0.15, 0.2) is 5.75 Å². The average molecular weight is 249 g/mol. The van der Waals surface area contributed by atoms with Crippen LogP contribution < -0.4 is 9.47 Å². The Kier molecular flexibility index (Phi) is 3.13. The molecular weight excluding hydrogens is 238 g/mol. The van der Waals surface area contributed by atoms with E-state index >= 15 is 0 Å². The van der Waals surface area contributed by atoms with E-state index in [0.717, 1.165) is 0 Å². The minimum atomic E-state index is -0.515. The van der Waals surface area contributed by atoms with Gasteiger partial charge in [-0.2, -0.15) is 0 Å². The van der Waals surface area contributed by atoms with Crippen LogP contribution in [0.1, 0.15) is 0 Å². The largest absolute Gasteiger partial charge is 0.494 e. The number of benzene rings is 1. The molecule has 7 nitrogen and oxygen atoms in total. The van der Waals surface area contributed by atoms with Crippen molar-refractivity contribution >= 4 is 5.69 Å². The van der Waals surface area contributed by atoms with E-state index in [1.165, 1.54) is 20.3 Å². The molecule has 0 aliphatic heterocycles. The molecular formula is C11H11N3O4. The van der Waals surface area contributed by atoms with Crippen molar-refractivity contribution in [3.63, 3.8) is 0 Å². The van der Waals surface area contributed by atoms with Crippen molar-refractivity contribution in [3.8, 4) is 17.2 Å². The van der Waals surface area contributed by atoms with Crippen LogP contribution in [0.3, 0.4) is 0 Å². The van der Waals surface area contributed by atoms with Gasteiger partial charge in [-0.3, -0.25) is 10.1 Å². The van der Waals surface area contributed by atoms with Crippen LogP contribution in [-0.2, 0) is 0 Å². The van der Waals surface area contributed by atoms with Gasteiger partial charge in [-0.15, -0.1) is 0 Å². The lowest BCUT2D eigenvalue weighted by Gasteiger charge is -2.11. The molecule has 0 radical (unpaired) electrons. The Hall–Kier alpha value is -2.57. The van der Waals surface area contributed by atoms with E-state index in [1.54, 1.807) is 29.4 Å². The number of hydrogen-bond acceptors (Lipinski definition) is 5. The number of aromatic nitrogens is 2. The normalized spacial score (nSPS) is 10.1. The van der Waals surface area contributed by atoms with Gasteiger partial charge in [0.1, 0.15) is 5.75 Å². The molecule has 0 N–H and O–H groups in total. The molecule has 0 saturated carbocycles. The lowest BCUT2D eigenvalue weighted by Crippen LogP contribution is -2.00. The van der Waals surface area contributed by atoms with Gasteiger partial charge in [0.2, 0.25) is 0 Å². The van der Waals surface area contributed by atoms with Gasteiger partial charge >= 0.3 is 5.69 Å². The molecule has 0 amide bonds. The Labute approximate surface area is 103 Å². The van der Waals surface area contributed by atoms with Gasteiger partial charge in [0.05, 0.1) is 37.2 Å². The van der Waals surface area contributed by atoms with Crippen LogP contribution in [-0.4, -0.2) is 28.7 Å². The number of imidazole rings is 1. The van der Waals surface area contributed by atoms with E-state index in [1.807, 2.05) is 0 Å². The molecule has 18 heavy (non-hydrogen) atoms. The molecule has 0 atom stereocenters. The second-order valence-electron chi connectivity index (χ2n) is 3.42. The van der Waals surface area contributed by atoms with E-state index < -0.39 is 4.92 Å². The summed E-state index contributed by atoms with van der Waals surface area (Å²) in [6.45, 7) is 0. The summed E-state index contributed by atoms with van der Waals surface area (Å²) in [6, 6.07) is 2.87. The van der Waals surface area contributed by atoms with Gasteiger partial charge in [-0.1, -0.05) is 0 Å². The molecule has 0 bridgehead atoms. The summed E-state index contributed by atoms with van der Waals surface area (Å²) in [5.74, 6) is 0.546. The first-order valence-electron chi connectivity index (χ1n) is 5.06. The van der Waals surface area contributed by atoms with Crippen molar-refractivity contribution < 1.29 is 14.4 Å². The molecule has 1 heterocycles. The first kappa shape index (κ1) is 11.9. The van der Waals surface area contributed by atoms with Crippen LogP contribution in [0.25, 0.3) is 5.69 Å². The molecule has 0 saturated heterocycles. The zero-order chi connectivity index (χ0) is 13.1. The highest BCUT2D eigenvalue weighted by molar-refractivity contribution is 5.61. The van der Waals surface area contributed by atoms with Crippen LogP contribution in [0.4, 0.5) is 5.69 Å². The molecule has 2 rings (SSSR count). The summed E-state index contributed by atoms with van der Waals surface area (Å²) < 4.78 is 11.9. The first-order chi connectivity index (χ1) is 8.67. The number of nitro groups is 1. The van der Waals surface area contributed by atoms with Crippen molar-refractivity contribution in [2.24, 2.45) is 0 Å². The molecule has 0 aliphatic rings. The fourth-order valence-electron chi connectivity index (χ4n) is 1.61. The van der Waals surface area contributed by atoms with E-state index in [4.69, 9.17) is 9.47 Å². The topological polar surface area (TPSA) is 79.4 Å². The quantitative estimate of drug-likeness (QED) is 0.609.